The minimum atomic E-state index is 0.969. The van der Waals surface area contributed by atoms with Crippen LogP contribution in [0, 0.1) is 0 Å². The molecule has 0 aliphatic carbocycles. The summed E-state index contributed by atoms with van der Waals surface area (Å²) < 4.78 is 2.10. The van der Waals surface area contributed by atoms with Gasteiger partial charge in [-0.15, -0.1) is 0 Å². The average molecular weight is 296 g/mol. The van der Waals surface area contributed by atoms with Gasteiger partial charge in [0.15, 0.2) is 0 Å². The first-order chi connectivity index (χ1) is 11.4. The molecule has 0 N–H and O–H groups in total. The second-order valence-corrected chi connectivity index (χ2v) is 5.48. The van der Waals surface area contributed by atoms with Crippen LogP contribution >= 0.6 is 0 Å². The zero-order chi connectivity index (χ0) is 15.5. The lowest BCUT2D eigenvalue weighted by molar-refractivity contribution is 1.08. The number of para-hydroxylation sites is 1. The van der Waals surface area contributed by atoms with Crippen molar-refractivity contribution in [2.45, 2.75) is 0 Å². The third kappa shape index (κ3) is 2.92. The lowest BCUT2D eigenvalue weighted by Gasteiger charge is -2.00. The fourth-order valence-corrected chi connectivity index (χ4v) is 2.66. The van der Waals surface area contributed by atoms with E-state index in [-0.39, 0.29) is 0 Å². The molecule has 0 radical (unpaired) electrons. The van der Waals surface area contributed by atoms with Crippen molar-refractivity contribution in [1.29, 1.82) is 0 Å². The summed E-state index contributed by atoms with van der Waals surface area (Å²) in [5, 5.41) is 2.45. The molecule has 0 amide bonds. The van der Waals surface area contributed by atoms with Gasteiger partial charge in [0.25, 0.3) is 0 Å². The highest BCUT2D eigenvalue weighted by atomic mass is 14.9. The fourth-order valence-electron chi connectivity index (χ4n) is 2.66. The summed E-state index contributed by atoms with van der Waals surface area (Å²) >= 11 is 0. The lowest BCUT2D eigenvalue weighted by atomic mass is 10.1. The Morgan fingerprint density at radius 1 is 0.739 bits per heavy atom. The Labute approximate surface area is 135 Å². The van der Waals surface area contributed by atoms with Crippen LogP contribution in [0.4, 0.5) is 5.69 Å². The van der Waals surface area contributed by atoms with E-state index >= 15 is 0 Å². The topological polar surface area (TPSA) is 17.3 Å². The van der Waals surface area contributed by atoms with Crippen LogP contribution in [-0.4, -0.2) is 10.8 Å². The molecule has 4 aromatic rings. The van der Waals surface area contributed by atoms with E-state index in [1.54, 1.807) is 0 Å². The van der Waals surface area contributed by atoms with Gasteiger partial charge in [0, 0.05) is 29.9 Å². The Hall–Kier alpha value is -3.13. The number of hydrogen-bond acceptors (Lipinski definition) is 1. The van der Waals surface area contributed by atoms with Crippen LogP contribution in [0.25, 0.3) is 16.5 Å². The van der Waals surface area contributed by atoms with Crippen molar-refractivity contribution in [3.63, 3.8) is 0 Å². The number of hydrogen-bond donors (Lipinski definition) is 0. The van der Waals surface area contributed by atoms with Gasteiger partial charge in [-0.2, -0.15) is 0 Å². The summed E-state index contributed by atoms with van der Waals surface area (Å²) in [4.78, 5) is 4.60. The third-order valence-electron chi connectivity index (χ3n) is 3.87. The Balaban J connectivity index is 1.59. The van der Waals surface area contributed by atoms with Crippen molar-refractivity contribution >= 4 is 22.7 Å². The van der Waals surface area contributed by atoms with Crippen molar-refractivity contribution in [3.8, 4) is 5.69 Å². The van der Waals surface area contributed by atoms with Crippen molar-refractivity contribution in [2.24, 2.45) is 4.99 Å². The zero-order valence-electron chi connectivity index (χ0n) is 12.6. The Morgan fingerprint density at radius 3 is 2.39 bits per heavy atom. The van der Waals surface area contributed by atoms with E-state index < -0.39 is 0 Å². The molecule has 0 aliphatic heterocycles. The Bertz CT molecular complexity index is 965. The van der Waals surface area contributed by atoms with Gasteiger partial charge in [0.05, 0.1) is 5.69 Å². The number of nitrogens with zero attached hydrogens (tertiary/aromatic N) is 2. The second-order valence-electron chi connectivity index (χ2n) is 5.48. The van der Waals surface area contributed by atoms with Gasteiger partial charge in [-0.05, 0) is 41.1 Å². The van der Waals surface area contributed by atoms with Crippen LogP contribution in [0.1, 0.15) is 5.56 Å². The third-order valence-corrected chi connectivity index (χ3v) is 3.87. The Kier molecular flexibility index (Phi) is 3.49. The van der Waals surface area contributed by atoms with Crippen LogP contribution in [-0.2, 0) is 0 Å². The van der Waals surface area contributed by atoms with Gasteiger partial charge in [-0.1, -0.05) is 48.5 Å². The SMILES string of the molecule is C(=Nc1ccc2ccccc2c1)c1ccn(-c2ccccc2)c1. The molecular formula is C21H16N2. The van der Waals surface area contributed by atoms with Crippen molar-refractivity contribution in [1.82, 2.24) is 4.57 Å². The smallest absolute Gasteiger partial charge is 0.0636 e. The van der Waals surface area contributed by atoms with E-state index in [9.17, 15) is 0 Å². The maximum atomic E-state index is 4.60. The van der Waals surface area contributed by atoms with Crippen LogP contribution < -0.4 is 0 Å². The number of fused-ring (bicyclic) bond motifs is 1. The first-order valence-electron chi connectivity index (χ1n) is 7.65. The molecular weight excluding hydrogens is 280 g/mol. The molecule has 23 heavy (non-hydrogen) atoms. The van der Waals surface area contributed by atoms with Gasteiger partial charge in [0.1, 0.15) is 0 Å². The van der Waals surface area contributed by atoms with Crippen LogP contribution in [0.5, 0.6) is 0 Å². The molecule has 1 heterocycles. The fraction of sp³-hybridized carbons (Fsp3) is 0. The van der Waals surface area contributed by atoms with Crippen LogP contribution in [0.2, 0.25) is 0 Å². The van der Waals surface area contributed by atoms with E-state index in [4.69, 9.17) is 0 Å². The van der Waals surface area contributed by atoms with E-state index in [0.717, 1.165) is 16.9 Å². The number of rotatable bonds is 3. The molecule has 2 nitrogen and oxygen atoms in total. The van der Waals surface area contributed by atoms with Crippen LogP contribution in [0.3, 0.4) is 0 Å². The second kappa shape index (κ2) is 5.93. The molecule has 3 aromatic carbocycles. The molecule has 0 spiro atoms. The molecule has 0 saturated carbocycles. The lowest BCUT2D eigenvalue weighted by Crippen LogP contribution is -1.88. The van der Waals surface area contributed by atoms with E-state index in [1.165, 1.54) is 10.8 Å². The van der Waals surface area contributed by atoms with Gasteiger partial charge >= 0.3 is 0 Å². The number of aliphatic imine (C=N–C) groups is 1. The molecule has 0 fully saturated rings. The molecule has 0 unspecified atom stereocenters. The first-order valence-corrected chi connectivity index (χ1v) is 7.65. The number of aromatic nitrogens is 1. The average Bonchev–Trinajstić information content (AvgIpc) is 3.10. The summed E-state index contributed by atoms with van der Waals surface area (Å²) in [7, 11) is 0. The predicted molar refractivity (Wildman–Crippen MR) is 97.0 cm³/mol. The van der Waals surface area contributed by atoms with E-state index in [0.29, 0.717) is 0 Å². The minimum Gasteiger partial charge on any atom is -0.323 e. The molecule has 0 bridgehead atoms. The maximum absolute atomic E-state index is 4.60. The molecule has 0 aliphatic rings. The highest BCUT2D eigenvalue weighted by molar-refractivity contribution is 5.87. The maximum Gasteiger partial charge on any atom is 0.0636 e. The highest BCUT2D eigenvalue weighted by Gasteiger charge is 1.97. The van der Waals surface area contributed by atoms with Crippen LogP contribution in [0.15, 0.2) is 96.2 Å². The zero-order valence-corrected chi connectivity index (χ0v) is 12.6. The minimum absolute atomic E-state index is 0.969. The van der Waals surface area contributed by atoms with Gasteiger partial charge in [-0.25, -0.2) is 0 Å². The van der Waals surface area contributed by atoms with Gasteiger partial charge in [0.2, 0.25) is 0 Å². The molecule has 1 aromatic heterocycles. The van der Waals surface area contributed by atoms with E-state index in [2.05, 4.69) is 76.6 Å². The molecule has 2 heteroatoms. The summed E-state index contributed by atoms with van der Waals surface area (Å²) in [6.45, 7) is 0. The van der Waals surface area contributed by atoms with Gasteiger partial charge < -0.3 is 4.57 Å². The molecule has 4 rings (SSSR count). The summed E-state index contributed by atoms with van der Waals surface area (Å²) in [6, 6.07) is 26.9. The normalized spacial score (nSPS) is 11.3. The van der Waals surface area contributed by atoms with Crippen molar-refractivity contribution in [2.75, 3.05) is 0 Å². The number of benzene rings is 3. The monoisotopic (exact) mass is 296 g/mol. The first kappa shape index (κ1) is 13.5. The summed E-state index contributed by atoms with van der Waals surface area (Å²) in [5.74, 6) is 0. The van der Waals surface area contributed by atoms with Gasteiger partial charge in [-0.3, -0.25) is 4.99 Å². The highest BCUT2D eigenvalue weighted by Crippen LogP contribution is 2.21. The molecule has 0 saturated heterocycles. The summed E-state index contributed by atoms with van der Waals surface area (Å²) in [6.07, 6.45) is 6.04. The Morgan fingerprint density at radius 2 is 1.52 bits per heavy atom. The van der Waals surface area contributed by atoms with E-state index in [1.807, 2.05) is 30.5 Å². The predicted octanol–water partition coefficient (Wildman–Crippen LogP) is 5.38. The molecule has 110 valence electrons. The summed E-state index contributed by atoms with van der Waals surface area (Å²) in [5.41, 5.74) is 3.20. The molecule has 0 atom stereocenters. The van der Waals surface area contributed by atoms with Crippen molar-refractivity contribution < 1.29 is 0 Å². The largest absolute Gasteiger partial charge is 0.323 e. The quantitative estimate of drug-likeness (QED) is 0.452. The standard InChI is InChI=1S/C21H16N2/c1-2-8-21(9-3-1)23-13-12-17(16-23)15-22-20-11-10-18-6-4-5-7-19(18)14-20/h1-16H. The van der Waals surface area contributed by atoms with Crippen molar-refractivity contribution in [3.05, 3.63) is 96.8 Å².